The van der Waals surface area contributed by atoms with Crippen molar-refractivity contribution in [1.82, 2.24) is 20.9 Å². The first-order chi connectivity index (χ1) is 13.7. The van der Waals surface area contributed by atoms with Gasteiger partial charge in [-0.2, -0.15) is 0 Å². The minimum atomic E-state index is -0.186. The van der Waals surface area contributed by atoms with Crippen LogP contribution in [0.3, 0.4) is 0 Å². The molecule has 2 heterocycles. The summed E-state index contributed by atoms with van der Waals surface area (Å²) in [5.41, 5.74) is 2.98. The Morgan fingerprint density at radius 2 is 1.90 bits per heavy atom. The average Bonchev–Trinajstić information content (AvgIpc) is 3.16. The van der Waals surface area contributed by atoms with E-state index in [1.54, 1.807) is 13.1 Å². The molecule has 2 aromatic heterocycles. The fraction of sp³-hybridized carbons (Fsp3) is 0.286. The number of aryl methyl sites for hydroxylation is 1. The monoisotopic (exact) mass is 507 g/mol. The van der Waals surface area contributed by atoms with Crippen LogP contribution in [0.15, 0.2) is 58.3 Å². The second-order valence-electron chi connectivity index (χ2n) is 6.38. The van der Waals surface area contributed by atoms with Crippen LogP contribution in [0.2, 0.25) is 0 Å². The maximum atomic E-state index is 12.0. The van der Waals surface area contributed by atoms with Crippen LogP contribution in [0.4, 0.5) is 0 Å². The number of hydrogen-bond donors (Lipinski definition) is 3. The molecule has 0 atom stereocenters. The summed E-state index contributed by atoms with van der Waals surface area (Å²) >= 11 is 0. The molecule has 1 amide bonds. The molecular formula is C21H26IN5O2. The van der Waals surface area contributed by atoms with Crippen molar-refractivity contribution in [2.45, 2.75) is 19.9 Å². The molecule has 154 valence electrons. The molecule has 0 aliphatic heterocycles. The number of nitrogens with zero attached hydrogens (tertiary/aromatic N) is 2. The standard InChI is InChI=1S/C21H25N5O2.HI/c1-15-9-13-28-19(15)20(27)24-10-5-11-25-21(22-2)26-14-16-8-12-23-18-7-4-3-6-17(16)18;/h3-4,6-9,12-13H,5,10-11,14H2,1-2H3,(H,24,27)(H2,22,25,26);1H. The van der Waals surface area contributed by atoms with Crippen LogP contribution in [0.1, 0.15) is 28.1 Å². The summed E-state index contributed by atoms with van der Waals surface area (Å²) in [6.07, 6.45) is 4.11. The first-order valence-corrected chi connectivity index (χ1v) is 9.28. The highest BCUT2D eigenvalue weighted by molar-refractivity contribution is 14.0. The highest BCUT2D eigenvalue weighted by atomic mass is 127. The summed E-state index contributed by atoms with van der Waals surface area (Å²) in [6, 6.07) is 11.9. The smallest absolute Gasteiger partial charge is 0.287 e. The third-order valence-corrected chi connectivity index (χ3v) is 4.41. The lowest BCUT2D eigenvalue weighted by Crippen LogP contribution is -2.38. The number of rotatable bonds is 7. The first kappa shape index (κ1) is 22.7. The maximum Gasteiger partial charge on any atom is 0.287 e. The van der Waals surface area contributed by atoms with Gasteiger partial charge in [0.15, 0.2) is 11.7 Å². The van der Waals surface area contributed by atoms with Crippen LogP contribution in [-0.2, 0) is 6.54 Å². The molecule has 1 aromatic carbocycles. The van der Waals surface area contributed by atoms with E-state index in [0.29, 0.717) is 31.4 Å². The Hall–Kier alpha value is -2.62. The lowest BCUT2D eigenvalue weighted by atomic mass is 10.1. The molecule has 3 aromatic rings. The molecule has 0 spiro atoms. The van der Waals surface area contributed by atoms with Crippen molar-refractivity contribution in [1.29, 1.82) is 0 Å². The van der Waals surface area contributed by atoms with Crippen LogP contribution in [0.25, 0.3) is 10.9 Å². The van der Waals surface area contributed by atoms with Crippen LogP contribution < -0.4 is 16.0 Å². The molecule has 8 heteroatoms. The molecule has 0 saturated carbocycles. The van der Waals surface area contributed by atoms with Gasteiger partial charge in [0, 0.05) is 43.8 Å². The predicted octanol–water partition coefficient (Wildman–Crippen LogP) is 3.24. The largest absolute Gasteiger partial charge is 0.459 e. The zero-order valence-electron chi connectivity index (χ0n) is 16.6. The summed E-state index contributed by atoms with van der Waals surface area (Å²) in [5, 5.41) is 10.6. The predicted molar refractivity (Wildman–Crippen MR) is 126 cm³/mol. The van der Waals surface area contributed by atoms with Gasteiger partial charge in [0.2, 0.25) is 0 Å². The third-order valence-electron chi connectivity index (χ3n) is 4.41. The lowest BCUT2D eigenvalue weighted by Gasteiger charge is -2.13. The van der Waals surface area contributed by atoms with Gasteiger partial charge in [-0.1, -0.05) is 18.2 Å². The molecule has 3 rings (SSSR count). The summed E-state index contributed by atoms with van der Waals surface area (Å²) < 4.78 is 5.18. The fourth-order valence-electron chi connectivity index (χ4n) is 2.89. The SMILES string of the molecule is CN=C(NCCCNC(=O)c1occc1C)NCc1ccnc2ccccc12.I. The number of halogens is 1. The molecule has 0 bridgehead atoms. The van der Waals surface area contributed by atoms with Crippen LogP contribution in [-0.4, -0.2) is 37.0 Å². The van der Waals surface area contributed by atoms with Gasteiger partial charge >= 0.3 is 0 Å². The van der Waals surface area contributed by atoms with Gasteiger partial charge in [0.25, 0.3) is 5.91 Å². The molecule has 0 unspecified atom stereocenters. The van der Waals surface area contributed by atoms with Crippen molar-refractivity contribution < 1.29 is 9.21 Å². The Labute approximate surface area is 187 Å². The van der Waals surface area contributed by atoms with Gasteiger partial charge in [0.1, 0.15) is 0 Å². The van der Waals surface area contributed by atoms with Crippen molar-refractivity contribution in [3.8, 4) is 0 Å². The number of aliphatic imine (C=N–C) groups is 1. The normalized spacial score (nSPS) is 11.0. The van der Waals surface area contributed by atoms with Crippen molar-refractivity contribution in [2.75, 3.05) is 20.1 Å². The Morgan fingerprint density at radius 1 is 1.10 bits per heavy atom. The van der Waals surface area contributed by atoms with E-state index in [2.05, 4.69) is 32.0 Å². The van der Waals surface area contributed by atoms with E-state index in [1.807, 2.05) is 37.4 Å². The summed E-state index contributed by atoms with van der Waals surface area (Å²) in [5.74, 6) is 0.902. The summed E-state index contributed by atoms with van der Waals surface area (Å²) in [6.45, 7) is 3.74. The number of pyridine rings is 1. The van der Waals surface area contributed by atoms with Gasteiger partial charge in [-0.25, -0.2) is 0 Å². The van der Waals surface area contributed by atoms with Crippen molar-refractivity contribution in [2.24, 2.45) is 4.99 Å². The molecule has 7 nitrogen and oxygen atoms in total. The van der Waals surface area contributed by atoms with Crippen LogP contribution >= 0.6 is 24.0 Å². The average molecular weight is 507 g/mol. The number of amides is 1. The van der Waals surface area contributed by atoms with Crippen molar-refractivity contribution in [3.05, 3.63) is 65.7 Å². The molecular weight excluding hydrogens is 481 g/mol. The van der Waals surface area contributed by atoms with E-state index in [4.69, 9.17) is 4.42 Å². The van der Waals surface area contributed by atoms with E-state index < -0.39 is 0 Å². The Morgan fingerprint density at radius 3 is 2.66 bits per heavy atom. The zero-order valence-corrected chi connectivity index (χ0v) is 18.9. The van der Waals surface area contributed by atoms with Gasteiger partial charge in [-0.3, -0.25) is 14.8 Å². The quantitative estimate of drug-likeness (QED) is 0.198. The second kappa shape index (κ2) is 11.4. The van der Waals surface area contributed by atoms with Gasteiger partial charge < -0.3 is 20.4 Å². The summed E-state index contributed by atoms with van der Waals surface area (Å²) in [4.78, 5) is 20.6. The number of fused-ring (bicyclic) bond motifs is 1. The van der Waals surface area contributed by atoms with Gasteiger partial charge in [-0.05, 0) is 37.1 Å². The highest BCUT2D eigenvalue weighted by Gasteiger charge is 2.11. The molecule has 0 aliphatic carbocycles. The lowest BCUT2D eigenvalue weighted by molar-refractivity contribution is 0.0925. The van der Waals surface area contributed by atoms with E-state index in [-0.39, 0.29) is 29.9 Å². The van der Waals surface area contributed by atoms with Gasteiger partial charge in [-0.15, -0.1) is 24.0 Å². The van der Waals surface area contributed by atoms with E-state index >= 15 is 0 Å². The van der Waals surface area contributed by atoms with E-state index in [0.717, 1.165) is 28.5 Å². The van der Waals surface area contributed by atoms with Gasteiger partial charge in [0.05, 0.1) is 11.8 Å². The molecule has 0 fully saturated rings. The fourth-order valence-corrected chi connectivity index (χ4v) is 2.89. The number of nitrogens with one attached hydrogen (secondary N) is 3. The number of guanidine groups is 1. The van der Waals surface area contributed by atoms with Crippen molar-refractivity contribution >= 4 is 46.7 Å². The first-order valence-electron chi connectivity index (χ1n) is 9.28. The van der Waals surface area contributed by atoms with E-state index in [1.165, 1.54) is 6.26 Å². The number of benzene rings is 1. The zero-order chi connectivity index (χ0) is 19.8. The Bertz CT molecular complexity index is 965. The maximum absolute atomic E-state index is 12.0. The molecule has 29 heavy (non-hydrogen) atoms. The number of hydrogen-bond acceptors (Lipinski definition) is 4. The molecule has 3 N–H and O–H groups in total. The molecule has 0 aliphatic rings. The van der Waals surface area contributed by atoms with E-state index in [9.17, 15) is 4.79 Å². The highest BCUT2D eigenvalue weighted by Crippen LogP contribution is 2.15. The number of aromatic nitrogens is 1. The number of furan rings is 1. The topological polar surface area (TPSA) is 91.5 Å². The Balaban J connectivity index is 0.00000300. The van der Waals surface area contributed by atoms with Crippen molar-refractivity contribution in [3.63, 3.8) is 0 Å². The molecule has 0 radical (unpaired) electrons. The number of carbonyl (C=O) groups is 1. The second-order valence-corrected chi connectivity index (χ2v) is 6.38. The Kier molecular flexibility index (Phi) is 8.91. The third kappa shape index (κ3) is 6.18. The number of para-hydroxylation sites is 1. The minimum absolute atomic E-state index is 0. The van der Waals surface area contributed by atoms with Crippen LogP contribution in [0.5, 0.6) is 0 Å². The summed E-state index contributed by atoms with van der Waals surface area (Å²) in [7, 11) is 1.74. The minimum Gasteiger partial charge on any atom is -0.459 e. The number of carbonyl (C=O) groups excluding carboxylic acids is 1. The van der Waals surface area contributed by atoms with Crippen LogP contribution in [0, 0.1) is 6.92 Å². The molecule has 0 saturated heterocycles.